The molecule has 0 saturated heterocycles. The number of nitrogens with zero attached hydrogens (tertiary/aromatic N) is 1. The van der Waals surface area contributed by atoms with Gasteiger partial charge in [-0.3, -0.25) is 0 Å². The summed E-state index contributed by atoms with van der Waals surface area (Å²) in [6.07, 6.45) is 4.40. The number of aryl methyl sites for hydroxylation is 2. The largest absolute Gasteiger partial charge is 0.350 e. The predicted molar refractivity (Wildman–Crippen MR) is 66.1 cm³/mol. The molecule has 0 saturated carbocycles. The van der Waals surface area contributed by atoms with E-state index < -0.39 is 0 Å². The lowest BCUT2D eigenvalue weighted by Crippen LogP contribution is -1.84. The van der Waals surface area contributed by atoms with Crippen LogP contribution >= 0.6 is 0 Å². The van der Waals surface area contributed by atoms with E-state index in [2.05, 4.69) is 55.6 Å². The normalized spacial score (nSPS) is 10.8. The molecular weight excluding hydrogens is 182 g/mol. The highest BCUT2D eigenvalue weighted by Crippen LogP contribution is 2.22. The SMILES string of the molecule is C=C(C)CCc1cn(C)c2ccccc12. The maximum absolute atomic E-state index is 3.95. The Bertz CT molecular complexity index is 491. The first kappa shape index (κ1) is 10.0. The molecule has 1 heterocycles. The molecule has 0 N–H and O–H groups in total. The van der Waals surface area contributed by atoms with E-state index in [1.807, 2.05) is 0 Å². The van der Waals surface area contributed by atoms with Crippen molar-refractivity contribution in [2.45, 2.75) is 19.8 Å². The first-order chi connectivity index (χ1) is 7.18. The number of benzene rings is 1. The highest BCUT2D eigenvalue weighted by molar-refractivity contribution is 5.83. The summed E-state index contributed by atoms with van der Waals surface area (Å²) >= 11 is 0. The van der Waals surface area contributed by atoms with Crippen LogP contribution in [0.4, 0.5) is 0 Å². The van der Waals surface area contributed by atoms with E-state index in [1.54, 1.807) is 0 Å². The van der Waals surface area contributed by atoms with E-state index in [9.17, 15) is 0 Å². The van der Waals surface area contributed by atoms with Gasteiger partial charge in [0.25, 0.3) is 0 Å². The molecule has 2 rings (SSSR count). The Morgan fingerprint density at radius 2 is 2.07 bits per heavy atom. The van der Waals surface area contributed by atoms with Gasteiger partial charge in [-0.15, -0.1) is 6.58 Å². The number of hydrogen-bond donors (Lipinski definition) is 0. The van der Waals surface area contributed by atoms with E-state index >= 15 is 0 Å². The summed E-state index contributed by atoms with van der Waals surface area (Å²) < 4.78 is 2.20. The van der Waals surface area contributed by atoms with Gasteiger partial charge in [0, 0.05) is 24.1 Å². The Balaban J connectivity index is 2.39. The van der Waals surface area contributed by atoms with Gasteiger partial charge in [0.15, 0.2) is 0 Å². The zero-order chi connectivity index (χ0) is 10.8. The molecule has 0 fully saturated rings. The Kier molecular flexibility index (Phi) is 2.63. The van der Waals surface area contributed by atoms with Crippen LogP contribution in [0.25, 0.3) is 10.9 Å². The Morgan fingerprint density at radius 3 is 2.80 bits per heavy atom. The van der Waals surface area contributed by atoms with Crippen LogP contribution in [0, 0.1) is 0 Å². The van der Waals surface area contributed by atoms with E-state index in [0.717, 1.165) is 12.8 Å². The predicted octanol–water partition coefficient (Wildman–Crippen LogP) is 3.69. The molecular formula is C14H17N. The molecule has 0 radical (unpaired) electrons. The van der Waals surface area contributed by atoms with Crippen LogP contribution in [0.15, 0.2) is 42.6 Å². The lowest BCUT2D eigenvalue weighted by molar-refractivity contribution is 0.917. The van der Waals surface area contributed by atoms with Crippen molar-refractivity contribution in [2.75, 3.05) is 0 Å². The van der Waals surface area contributed by atoms with Gasteiger partial charge >= 0.3 is 0 Å². The van der Waals surface area contributed by atoms with Crippen LogP contribution in [0.1, 0.15) is 18.9 Å². The van der Waals surface area contributed by atoms with Crippen molar-refractivity contribution >= 4 is 10.9 Å². The molecule has 0 amide bonds. The average Bonchev–Trinajstić information content (AvgIpc) is 2.54. The fraction of sp³-hybridized carbons (Fsp3) is 0.286. The van der Waals surface area contributed by atoms with Crippen LogP contribution in [-0.4, -0.2) is 4.57 Å². The van der Waals surface area contributed by atoms with Gasteiger partial charge in [0.05, 0.1) is 0 Å². The topological polar surface area (TPSA) is 4.93 Å². The van der Waals surface area contributed by atoms with Crippen molar-refractivity contribution in [2.24, 2.45) is 7.05 Å². The van der Waals surface area contributed by atoms with E-state index in [1.165, 1.54) is 22.0 Å². The summed E-state index contributed by atoms with van der Waals surface area (Å²) in [5.41, 5.74) is 3.99. The van der Waals surface area contributed by atoms with E-state index in [0.29, 0.717) is 0 Å². The number of rotatable bonds is 3. The second-order valence-electron chi connectivity index (χ2n) is 4.24. The number of fused-ring (bicyclic) bond motifs is 1. The van der Waals surface area contributed by atoms with Crippen LogP contribution in [0.3, 0.4) is 0 Å². The second-order valence-corrected chi connectivity index (χ2v) is 4.24. The first-order valence-electron chi connectivity index (χ1n) is 5.36. The van der Waals surface area contributed by atoms with Crippen LogP contribution < -0.4 is 0 Å². The van der Waals surface area contributed by atoms with Crippen molar-refractivity contribution in [3.05, 3.63) is 48.2 Å². The number of allylic oxidation sites excluding steroid dienone is 1. The highest BCUT2D eigenvalue weighted by atomic mass is 14.9. The monoisotopic (exact) mass is 199 g/mol. The second kappa shape index (κ2) is 3.93. The average molecular weight is 199 g/mol. The van der Waals surface area contributed by atoms with Crippen LogP contribution in [-0.2, 0) is 13.5 Å². The molecule has 0 atom stereocenters. The van der Waals surface area contributed by atoms with E-state index in [4.69, 9.17) is 0 Å². The maximum Gasteiger partial charge on any atom is 0.0480 e. The Morgan fingerprint density at radius 1 is 1.33 bits per heavy atom. The molecule has 15 heavy (non-hydrogen) atoms. The molecule has 1 nitrogen and oxygen atoms in total. The minimum Gasteiger partial charge on any atom is -0.350 e. The standard InChI is InChI=1S/C14H17N/c1-11(2)8-9-12-10-15(3)14-7-5-4-6-13(12)14/h4-7,10H,1,8-9H2,2-3H3. The van der Waals surface area contributed by atoms with Crippen molar-refractivity contribution in [1.82, 2.24) is 4.57 Å². The Hall–Kier alpha value is -1.50. The third kappa shape index (κ3) is 1.96. The zero-order valence-electron chi connectivity index (χ0n) is 9.46. The summed E-state index contributed by atoms with van der Waals surface area (Å²) in [6, 6.07) is 8.56. The Labute approximate surface area is 91.0 Å². The third-order valence-electron chi connectivity index (χ3n) is 2.80. The minimum atomic E-state index is 1.08. The highest BCUT2D eigenvalue weighted by Gasteiger charge is 2.04. The van der Waals surface area contributed by atoms with Gasteiger partial charge in [0.2, 0.25) is 0 Å². The minimum absolute atomic E-state index is 1.08. The molecule has 1 heteroatoms. The van der Waals surface area contributed by atoms with Gasteiger partial charge in [-0.2, -0.15) is 0 Å². The number of para-hydroxylation sites is 1. The number of hydrogen-bond acceptors (Lipinski definition) is 0. The van der Waals surface area contributed by atoms with Gasteiger partial charge in [-0.05, 0) is 31.4 Å². The van der Waals surface area contributed by atoms with Gasteiger partial charge in [-0.25, -0.2) is 0 Å². The fourth-order valence-corrected chi connectivity index (χ4v) is 1.97. The first-order valence-corrected chi connectivity index (χ1v) is 5.36. The molecule has 1 aromatic carbocycles. The van der Waals surface area contributed by atoms with Gasteiger partial charge < -0.3 is 4.57 Å². The molecule has 0 unspecified atom stereocenters. The molecule has 78 valence electrons. The summed E-state index contributed by atoms with van der Waals surface area (Å²) in [4.78, 5) is 0. The third-order valence-corrected chi connectivity index (χ3v) is 2.80. The molecule has 0 bridgehead atoms. The molecule has 0 aliphatic carbocycles. The van der Waals surface area contributed by atoms with Crippen molar-refractivity contribution in [3.8, 4) is 0 Å². The summed E-state index contributed by atoms with van der Waals surface area (Å²) in [7, 11) is 2.10. The molecule has 0 spiro atoms. The summed E-state index contributed by atoms with van der Waals surface area (Å²) in [5, 5.41) is 1.38. The smallest absolute Gasteiger partial charge is 0.0480 e. The molecule has 1 aromatic heterocycles. The quantitative estimate of drug-likeness (QED) is 0.664. The summed E-state index contributed by atoms with van der Waals surface area (Å²) in [6.45, 7) is 6.04. The fourth-order valence-electron chi connectivity index (χ4n) is 1.97. The van der Waals surface area contributed by atoms with Crippen molar-refractivity contribution < 1.29 is 0 Å². The maximum atomic E-state index is 3.95. The molecule has 0 aliphatic rings. The summed E-state index contributed by atoms with van der Waals surface area (Å²) in [5.74, 6) is 0. The number of aromatic nitrogens is 1. The lowest BCUT2D eigenvalue weighted by atomic mass is 10.1. The van der Waals surface area contributed by atoms with Crippen LogP contribution in [0.5, 0.6) is 0 Å². The van der Waals surface area contributed by atoms with Gasteiger partial charge in [0.1, 0.15) is 0 Å². The van der Waals surface area contributed by atoms with Crippen LogP contribution in [0.2, 0.25) is 0 Å². The van der Waals surface area contributed by atoms with Crippen molar-refractivity contribution in [3.63, 3.8) is 0 Å². The van der Waals surface area contributed by atoms with Crippen molar-refractivity contribution in [1.29, 1.82) is 0 Å². The van der Waals surface area contributed by atoms with Gasteiger partial charge in [-0.1, -0.05) is 23.8 Å². The molecule has 0 aliphatic heterocycles. The zero-order valence-corrected chi connectivity index (χ0v) is 9.46. The lowest BCUT2D eigenvalue weighted by Gasteiger charge is -1.98. The molecule has 2 aromatic rings. The van der Waals surface area contributed by atoms with E-state index in [-0.39, 0.29) is 0 Å².